The zero-order chi connectivity index (χ0) is 15.4. The van der Waals surface area contributed by atoms with Crippen molar-refractivity contribution in [1.82, 2.24) is 15.5 Å². The number of anilines is 1. The third kappa shape index (κ3) is 5.19. The molecule has 0 radical (unpaired) electrons. The second-order valence-corrected chi connectivity index (χ2v) is 6.44. The Bertz CT molecular complexity index is 505. The number of aromatic nitrogens is 2. The molecule has 0 spiro atoms. The van der Waals surface area contributed by atoms with Gasteiger partial charge < -0.3 is 16.0 Å². The largest absolute Gasteiger partial charge is 0.354 e. The van der Waals surface area contributed by atoms with Crippen LogP contribution < -0.4 is 16.0 Å². The maximum absolute atomic E-state index is 12.3. The van der Waals surface area contributed by atoms with Gasteiger partial charge in [0.05, 0.1) is 0 Å². The van der Waals surface area contributed by atoms with Crippen LogP contribution in [-0.4, -0.2) is 41.3 Å². The molecule has 1 aliphatic carbocycles. The van der Waals surface area contributed by atoms with Gasteiger partial charge in [0.2, 0.25) is 5.91 Å². The van der Waals surface area contributed by atoms with Crippen LogP contribution in [0.25, 0.3) is 0 Å². The molecule has 3 atom stereocenters. The van der Waals surface area contributed by atoms with Gasteiger partial charge in [-0.3, -0.25) is 4.79 Å². The minimum Gasteiger partial charge on any atom is -0.354 e. The highest BCUT2D eigenvalue weighted by Gasteiger charge is 2.29. The number of nitrogens with two attached hydrogens (primary N) is 1. The fourth-order valence-electron chi connectivity index (χ4n) is 3.62. The van der Waals surface area contributed by atoms with E-state index in [0.29, 0.717) is 12.6 Å². The highest BCUT2D eigenvalue weighted by atomic mass is 35.5. The molecular formula is C16H27Cl2N5O. The van der Waals surface area contributed by atoms with Crippen molar-refractivity contribution in [3.05, 3.63) is 18.3 Å². The van der Waals surface area contributed by atoms with Gasteiger partial charge in [0.15, 0.2) is 5.82 Å². The summed E-state index contributed by atoms with van der Waals surface area (Å²) in [5, 5.41) is 11.3. The summed E-state index contributed by atoms with van der Waals surface area (Å²) in [6.07, 6.45) is 7.80. The fourth-order valence-corrected chi connectivity index (χ4v) is 3.62. The van der Waals surface area contributed by atoms with E-state index >= 15 is 0 Å². The number of amides is 1. The van der Waals surface area contributed by atoms with Crippen LogP contribution in [0.1, 0.15) is 38.5 Å². The molecule has 1 saturated carbocycles. The Morgan fingerprint density at radius 3 is 2.83 bits per heavy atom. The molecule has 1 amide bonds. The average molecular weight is 376 g/mol. The number of nitrogens with one attached hydrogen (secondary N) is 1. The van der Waals surface area contributed by atoms with Gasteiger partial charge in [-0.15, -0.1) is 29.9 Å². The summed E-state index contributed by atoms with van der Waals surface area (Å²) in [5.41, 5.74) is 5.98. The van der Waals surface area contributed by atoms with Crippen LogP contribution in [0.2, 0.25) is 0 Å². The molecule has 0 aromatic carbocycles. The maximum atomic E-state index is 12.3. The minimum absolute atomic E-state index is 0. The number of rotatable bonds is 4. The lowest BCUT2D eigenvalue weighted by molar-refractivity contribution is -0.126. The first-order valence-corrected chi connectivity index (χ1v) is 8.31. The van der Waals surface area contributed by atoms with Crippen LogP contribution >= 0.6 is 24.8 Å². The predicted molar refractivity (Wildman–Crippen MR) is 99.8 cm³/mol. The van der Waals surface area contributed by atoms with Gasteiger partial charge in [0.1, 0.15) is 0 Å². The number of hydrogen-bond acceptors (Lipinski definition) is 5. The Kier molecular flexibility index (Phi) is 8.73. The monoisotopic (exact) mass is 375 g/mol. The van der Waals surface area contributed by atoms with Crippen molar-refractivity contribution in [2.24, 2.45) is 11.7 Å². The normalized spacial score (nSPS) is 26.2. The third-order valence-corrected chi connectivity index (χ3v) is 4.83. The topological polar surface area (TPSA) is 84.1 Å². The Hall–Kier alpha value is -1.11. The van der Waals surface area contributed by atoms with Gasteiger partial charge in [-0.25, -0.2) is 0 Å². The van der Waals surface area contributed by atoms with E-state index in [4.69, 9.17) is 5.73 Å². The van der Waals surface area contributed by atoms with Gasteiger partial charge in [-0.2, -0.15) is 5.10 Å². The number of nitrogens with zero attached hydrogens (tertiary/aromatic N) is 3. The number of halogens is 2. The Labute approximate surface area is 155 Å². The minimum atomic E-state index is 0. The molecule has 2 aliphatic rings. The molecule has 2 heterocycles. The maximum Gasteiger partial charge on any atom is 0.223 e. The summed E-state index contributed by atoms with van der Waals surface area (Å²) >= 11 is 0. The molecule has 24 heavy (non-hydrogen) atoms. The highest BCUT2D eigenvalue weighted by molar-refractivity contribution is 5.85. The molecular weight excluding hydrogens is 349 g/mol. The van der Waals surface area contributed by atoms with E-state index in [1.807, 2.05) is 12.1 Å². The van der Waals surface area contributed by atoms with Crippen molar-refractivity contribution in [2.45, 2.75) is 50.6 Å². The second-order valence-electron chi connectivity index (χ2n) is 6.44. The van der Waals surface area contributed by atoms with E-state index < -0.39 is 0 Å². The summed E-state index contributed by atoms with van der Waals surface area (Å²) in [6.45, 7) is 1.66. The SMILES string of the molecule is Cl.Cl.NC1CCCC(C(=O)NCC2CCCN2c2cccnn2)C1. The van der Waals surface area contributed by atoms with Crippen LogP contribution in [0.4, 0.5) is 5.82 Å². The van der Waals surface area contributed by atoms with Crippen molar-refractivity contribution < 1.29 is 4.79 Å². The van der Waals surface area contributed by atoms with E-state index in [-0.39, 0.29) is 42.7 Å². The Morgan fingerprint density at radius 2 is 2.12 bits per heavy atom. The lowest BCUT2D eigenvalue weighted by Gasteiger charge is -2.28. The summed E-state index contributed by atoms with van der Waals surface area (Å²) in [5.74, 6) is 1.16. The standard InChI is InChI=1S/C16H25N5O.2ClH/c17-13-5-1-4-12(10-13)16(22)18-11-14-6-3-9-21(14)15-7-2-8-19-20-15;;/h2,7-8,12-14H,1,3-6,9-11,17H2,(H,18,22);2*1H. The molecule has 3 N–H and O–H groups in total. The summed E-state index contributed by atoms with van der Waals surface area (Å²) in [4.78, 5) is 14.6. The molecule has 0 bridgehead atoms. The van der Waals surface area contributed by atoms with Crippen molar-refractivity contribution in [1.29, 1.82) is 0 Å². The van der Waals surface area contributed by atoms with Crippen molar-refractivity contribution >= 4 is 36.5 Å². The first-order valence-electron chi connectivity index (χ1n) is 8.31. The molecule has 1 saturated heterocycles. The fraction of sp³-hybridized carbons (Fsp3) is 0.688. The van der Waals surface area contributed by atoms with Crippen LogP contribution in [0.15, 0.2) is 18.3 Å². The quantitative estimate of drug-likeness (QED) is 0.839. The van der Waals surface area contributed by atoms with Crippen LogP contribution in [0.3, 0.4) is 0 Å². The second kappa shape index (κ2) is 10.0. The number of carbonyl (C=O) groups excluding carboxylic acids is 1. The van der Waals surface area contributed by atoms with Crippen molar-refractivity contribution in [3.8, 4) is 0 Å². The van der Waals surface area contributed by atoms with Crippen molar-refractivity contribution in [2.75, 3.05) is 18.0 Å². The number of carbonyl (C=O) groups is 1. The van der Waals surface area contributed by atoms with Crippen LogP contribution in [-0.2, 0) is 4.79 Å². The van der Waals surface area contributed by atoms with Gasteiger partial charge in [0, 0.05) is 37.3 Å². The molecule has 1 aromatic rings. The first-order chi connectivity index (χ1) is 10.7. The molecule has 2 fully saturated rings. The highest BCUT2D eigenvalue weighted by Crippen LogP contribution is 2.25. The molecule has 1 aliphatic heterocycles. The van der Waals surface area contributed by atoms with Crippen molar-refractivity contribution in [3.63, 3.8) is 0 Å². The Balaban J connectivity index is 0.00000144. The molecule has 3 rings (SSSR count). The molecule has 1 aromatic heterocycles. The predicted octanol–water partition coefficient (Wildman–Crippen LogP) is 1.92. The lowest BCUT2D eigenvalue weighted by atomic mass is 9.85. The molecule has 3 unspecified atom stereocenters. The first kappa shape index (κ1) is 20.9. The summed E-state index contributed by atoms with van der Waals surface area (Å²) < 4.78 is 0. The van der Waals surface area contributed by atoms with E-state index in [2.05, 4.69) is 20.4 Å². The van der Waals surface area contributed by atoms with Gasteiger partial charge >= 0.3 is 0 Å². The van der Waals surface area contributed by atoms with Gasteiger partial charge in [-0.1, -0.05) is 6.42 Å². The zero-order valence-electron chi connectivity index (χ0n) is 13.8. The van der Waals surface area contributed by atoms with E-state index in [9.17, 15) is 4.79 Å². The lowest BCUT2D eigenvalue weighted by Crippen LogP contribution is -2.44. The van der Waals surface area contributed by atoms with Gasteiger partial charge in [-0.05, 0) is 44.2 Å². The average Bonchev–Trinajstić information content (AvgIpc) is 3.02. The van der Waals surface area contributed by atoms with E-state index in [0.717, 1.165) is 50.9 Å². The molecule has 136 valence electrons. The van der Waals surface area contributed by atoms with E-state index in [1.165, 1.54) is 0 Å². The Morgan fingerprint density at radius 1 is 1.29 bits per heavy atom. The van der Waals surface area contributed by atoms with Gasteiger partial charge in [0.25, 0.3) is 0 Å². The smallest absolute Gasteiger partial charge is 0.223 e. The zero-order valence-corrected chi connectivity index (χ0v) is 15.4. The van der Waals surface area contributed by atoms with Crippen LogP contribution in [0.5, 0.6) is 0 Å². The van der Waals surface area contributed by atoms with E-state index in [1.54, 1.807) is 6.20 Å². The third-order valence-electron chi connectivity index (χ3n) is 4.83. The summed E-state index contributed by atoms with van der Waals surface area (Å²) in [7, 11) is 0. The molecule has 6 nitrogen and oxygen atoms in total. The summed E-state index contributed by atoms with van der Waals surface area (Å²) in [6, 6.07) is 4.39. The molecule has 8 heteroatoms. The number of hydrogen-bond donors (Lipinski definition) is 2. The van der Waals surface area contributed by atoms with Crippen LogP contribution in [0, 0.1) is 5.92 Å².